The summed E-state index contributed by atoms with van der Waals surface area (Å²) in [5, 5.41) is 15.7. The average molecular weight is 356 g/mol. The van der Waals surface area contributed by atoms with E-state index >= 15 is 0 Å². The molecule has 0 aliphatic carbocycles. The second-order valence-electron chi connectivity index (χ2n) is 6.45. The molecular formula is C19H21FN4O2. The monoisotopic (exact) mass is 356 g/mol. The van der Waals surface area contributed by atoms with Crippen LogP contribution in [0, 0.1) is 30.0 Å². The van der Waals surface area contributed by atoms with Crippen LogP contribution in [-0.4, -0.2) is 24.2 Å². The number of amides is 1. The number of nitrogens with one attached hydrogen (secondary N) is 1. The molecule has 1 aromatic carbocycles. The molecule has 1 aliphatic rings. The minimum atomic E-state index is -0.403. The van der Waals surface area contributed by atoms with Crippen molar-refractivity contribution in [2.45, 2.75) is 33.1 Å². The molecule has 0 radical (unpaired) electrons. The Morgan fingerprint density at radius 1 is 1.46 bits per heavy atom. The first-order valence-electron chi connectivity index (χ1n) is 8.74. The molecule has 2 heterocycles. The first kappa shape index (κ1) is 17.9. The van der Waals surface area contributed by atoms with Crippen LogP contribution in [0.5, 0.6) is 0 Å². The van der Waals surface area contributed by atoms with Crippen molar-refractivity contribution < 1.29 is 13.7 Å². The summed E-state index contributed by atoms with van der Waals surface area (Å²) in [5.74, 6) is 0.0882. The van der Waals surface area contributed by atoms with Crippen LogP contribution in [0.15, 0.2) is 22.7 Å². The highest BCUT2D eigenvalue weighted by Crippen LogP contribution is 2.28. The zero-order valence-corrected chi connectivity index (χ0v) is 14.9. The Balaban J connectivity index is 1.62. The molecular weight excluding hydrogens is 335 g/mol. The van der Waals surface area contributed by atoms with Gasteiger partial charge < -0.3 is 14.7 Å². The zero-order chi connectivity index (χ0) is 18.7. The third kappa shape index (κ3) is 3.54. The Hall–Kier alpha value is -2.88. The van der Waals surface area contributed by atoms with Gasteiger partial charge in [0.25, 0.3) is 0 Å². The van der Waals surface area contributed by atoms with Crippen molar-refractivity contribution in [3.8, 4) is 6.07 Å². The highest BCUT2D eigenvalue weighted by molar-refractivity contribution is 5.93. The van der Waals surface area contributed by atoms with Gasteiger partial charge in [0, 0.05) is 25.4 Å². The van der Waals surface area contributed by atoms with E-state index in [1.54, 1.807) is 19.1 Å². The van der Waals surface area contributed by atoms with Gasteiger partial charge in [0.1, 0.15) is 17.2 Å². The van der Waals surface area contributed by atoms with Crippen molar-refractivity contribution in [1.29, 1.82) is 5.26 Å². The SMILES string of the molecule is CCc1onc(C)c1NC(=O)C1CCN(c2ccc(C#N)cc2F)CC1. The van der Waals surface area contributed by atoms with E-state index < -0.39 is 5.82 Å². The Kier molecular flexibility index (Phi) is 5.21. The molecule has 7 heteroatoms. The summed E-state index contributed by atoms with van der Waals surface area (Å²) in [7, 11) is 0. The number of nitrogens with zero attached hydrogens (tertiary/aromatic N) is 3. The summed E-state index contributed by atoms with van der Waals surface area (Å²) in [6.07, 6.45) is 1.93. The van der Waals surface area contributed by atoms with Crippen molar-refractivity contribution in [2.75, 3.05) is 23.3 Å². The number of benzene rings is 1. The maximum atomic E-state index is 14.2. The normalized spacial score (nSPS) is 14.9. The Bertz CT molecular complexity index is 848. The molecule has 6 nitrogen and oxygen atoms in total. The summed E-state index contributed by atoms with van der Waals surface area (Å²) < 4.78 is 19.4. The van der Waals surface area contributed by atoms with Gasteiger partial charge in [-0.05, 0) is 38.0 Å². The number of rotatable bonds is 4. The number of piperidine rings is 1. The zero-order valence-electron chi connectivity index (χ0n) is 14.9. The lowest BCUT2D eigenvalue weighted by molar-refractivity contribution is -0.120. The summed E-state index contributed by atoms with van der Waals surface area (Å²) in [5.41, 5.74) is 2.12. The summed E-state index contributed by atoms with van der Waals surface area (Å²) in [6, 6.07) is 6.41. The predicted octanol–water partition coefficient (Wildman–Crippen LogP) is 3.41. The van der Waals surface area contributed by atoms with E-state index in [0.717, 1.165) is 0 Å². The van der Waals surface area contributed by atoms with Gasteiger partial charge in [-0.1, -0.05) is 12.1 Å². The standard InChI is InChI=1S/C19H21FN4O2/c1-3-17-18(12(2)23-26-17)22-19(25)14-6-8-24(9-7-14)16-5-4-13(11-21)10-15(16)20/h4-5,10,14H,3,6-9H2,1-2H3,(H,22,25). The van der Waals surface area contributed by atoms with Crippen LogP contribution in [0.1, 0.15) is 36.8 Å². The number of hydrogen-bond donors (Lipinski definition) is 1. The van der Waals surface area contributed by atoms with Crippen molar-refractivity contribution in [3.63, 3.8) is 0 Å². The number of aryl methyl sites for hydroxylation is 2. The van der Waals surface area contributed by atoms with Crippen molar-refractivity contribution in [1.82, 2.24) is 5.16 Å². The lowest BCUT2D eigenvalue weighted by Crippen LogP contribution is -2.38. The van der Waals surface area contributed by atoms with Crippen LogP contribution in [-0.2, 0) is 11.2 Å². The maximum Gasteiger partial charge on any atom is 0.227 e. The highest BCUT2D eigenvalue weighted by atomic mass is 19.1. The fraction of sp³-hybridized carbons (Fsp3) is 0.421. The molecule has 1 aliphatic heterocycles. The molecule has 0 atom stereocenters. The van der Waals surface area contributed by atoms with Crippen LogP contribution in [0.3, 0.4) is 0 Å². The summed E-state index contributed by atoms with van der Waals surface area (Å²) >= 11 is 0. The molecule has 1 amide bonds. The number of halogens is 1. The minimum Gasteiger partial charge on any atom is -0.369 e. The molecule has 1 saturated heterocycles. The molecule has 0 saturated carbocycles. The Labute approximate surface area is 151 Å². The van der Waals surface area contributed by atoms with E-state index in [1.807, 2.05) is 17.9 Å². The lowest BCUT2D eigenvalue weighted by atomic mass is 9.95. The summed E-state index contributed by atoms with van der Waals surface area (Å²) in [4.78, 5) is 14.5. The Morgan fingerprint density at radius 2 is 2.19 bits per heavy atom. The van der Waals surface area contributed by atoms with Gasteiger partial charge in [-0.25, -0.2) is 4.39 Å². The molecule has 0 unspecified atom stereocenters. The summed E-state index contributed by atoms with van der Waals surface area (Å²) in [6.45, 7) is 4.92. The number of nitriles is 1. The van der Waals surface area contributed by atoms with Gasteiger partial charge in [0.05, 0.1) is 17.3 Å². The molecule has 0 spiro atoms. The smallest absolute Gasteiger partial charge is 0.227 e. The van der Waals surface area contributed by atoms with Gasteiger partial charge in [0.2, 0.25) is 5.91 Å². The molecule has 1 aromatic heterocycles. The van der Waals surface area contributed by atoms with Gasteiger partial charge in [-0.15, -0.1) is 0 Å². The molecule has 1 fully saturated rings. The molecule has 136 valence electrons. The van der Waals surface area contributed by atoms with Crippen LogP contribution >= 0.6 is 0 Å². The third-order valence-corrected chi connectivity index (χ3v) is 4.79. The van der Waals surface area contributed by atoms with E-state index in [-0.39, 0.29) is 11.8 Å². The van der Waals surface area contributed by atoms with Crippen molar-refractivity contribution >= 4 is 17.3 Å². The van der Waals surface area contributed by atoms with Crippen LogP contribution < -0.4 is 10.2 Å². The van der Waals surface area contributed by atoms with Gasteiger partial charge in [-0.3, -0.25) is 4.79 Å². The second kappa shape index (κ2) is 7.56. The van der Waals surface area contributed by atoms with Gasteiger partial charge in [-0.2, -0.15) is 5.26 Å². The van der Waals surface area contributed by atoms with Crippen molar-refractivity contribution in [2.24, 2.45) is 5.92 Å². The number of aromatic nitrogens is 1. The van der Waals surface area contributed by atoms with Gasteiger partial charge in [0.15, 0.2) is 5.76 Å². The number of carbonyl (C=O) groups excluding carboxylic acids is 1. The first-order chi connectivity index (χ1) is 12.5. The van der Waals surface area contributed by atoms with E-state index in [0.29, 0.717) is 60.7 Å². The topological polar surface area (TPSA) is 82.2 Å². The largest absolute Gasteiger partial charge is 0.369 e. The number of carbonyl (C=O) groups is 1. The molecule has 1 N–H and O–H groups in total. The fourth-order valence-corrected chi connectivity index (χ4v) is 3.26. The van der Waals surface area contributed by atoms with Crippen LogP contribution in [0.2, 0.25) is 0 Å². The van der Waals surface area contributed by atoms with Crippen LogP contribution in [0.4, 0.5) is 15.8 Å². The molecule has 26 heavy (non-hydrogen) atoms. The van der Waals surface area contributed by atoms with Crippen LogP contribution in [0.25, 0.3) is 0 Å². The quantitative estimate of drug-likeness (QED) is 0.908. The average Bonchev–Trinajstić information content (AvgIpc) is 3.01. The van der Waals surface area contributed by atoms with E-state index in [2.05, 4.69) is 10.5 Å². The van der Waals surface area contributed by atoms with Crippen molar-refractivity contribution in [3.05, 3.63) is 41.0 Å². The molecule has 3 rings (SSSR count). The third-order valence-electron chi connectivity index (χ3n) is 4.79. The first-order valence-corrected chi connectivity index (χ1v) is 8.74. The number of anilines is 2. The number of hydrogen-bond acceptors (Lipinski definition) is 5. The van der Waals surface area contributed by atoms with E-state index in [1.165, 1.54) is 6.07 Å². The minimum absolute atomic E-state index is 0.0500. The Morgan fingerprint density at radius 3 is 2.81 bits per heavy atom. The highest BCUT2D eigenvalue weighted by Gasteiger charge is 2.27. The van der Waals surface area contributed by atoms with E-state index in [9.17, 15) is 9.18 Å². The molecule has 2 aromatic rings. The maximum absolute atomic E-state index is 14.2. The lowest BCUT2D eigenvalue weighted by Gasteiger charge is -2.33. The van der Waals surface area contributed by atoms with Gasteiger partial charge >= 0.3 is 0 Å². The fourth-order valence-electron chi connectivity index (χ4n) is 3.26. The predicted molar refractivity (Wildman–Crippen MR) is 95.3 cm³/mol. The van der Waals surface area contributed by atoms with E-state index in [4.69, 9.17) is 9.78 Å². The second-order valence-corrected chi connectivity index (χ2v) is 6.45. The molecule has 0 bridgehead atoms.